The molecule has 0 aliphatic rings. The molecule has 5 nitrogen and oxygen atoms in total. The Balaban J connectivity index is 3.09. The van der Waals surface area contributed by atoms with Gasteiger partial charge < -0.3 is 10.8 Å². The Hall–Kier alpha value is -0.820. The summed E-state index contributed by atoms with van der Waals surface area (Å²) in [5, 5.41) is 9.76. The van der Waals surface area contributed by atoms with Gasteiger partial charge in [-0.15, -0.1) is 0 Å². The standard InChI is InChI=1S/C9H13ClN2O3S/c1-16(14,15)12-8-4-6(9(13)5-11)2-3-7(8)10/h2-4,9,12-13H,5,11H2,1H3. The summed E-state index contributed by atoms with van der Waals surface area (Å²) in [6.07, 6.45) is 0.187. The number of benzene rings is 1. The number of nitrogens with one attached hydrogen (secondary N) is 1. The van der Waals surface area contributed by atoms with Crippen LogP contribution in [0.1, 0.15) is 11.7 Å². The van der Waals surface area contributed by atoms with Crippen LogP contribution in [0.25, 0.3) is 0 Å². The van der Waals surface area contributed by atoms with Crippen molar-refractivity contribution >= 4 is 27.3 Å². The lowest BCUT2D eigenvalue weighted by Crippen LogP contribution is -2.13. The Morgan fingerprint density at radius 2 is 2.19 bits per heavy atom. The zero-order valence-corrected chi connectivity index (χ0v) is 10.2. The number of hydrogen-bond acceptors (Lipinski definition) is 4. The van der Waals surface area contributed by atoms with E-state index in [1.807, 2.05) is 0 Å². The summed E-state index contributed by atoms with van der Waals surface area (Å²) < 4.78 is 24.4. The van der Waals surface area contributed by atoms with Crippen LogP contribution in [0.4, 0.5) is 5.69 Å². The molecule has 1 rings (SSSR count). The topological polar surface area (TPSA) is 92.4 Å². The van der Waals surface area contributed by atoms with Crippen LogP contribution in [0.5, 0.6) is 0 Å². The lowest BCUT2D eigenvalue weighted by molar-refractivity contribution is 0.187. The van der Waals surface area contributed by atoms with Crippen LogP contribution in [-0.4, -0.2) is 26.3 Å². The van der Waals surface area contributed by atoms with Crippen molar-refractivity contribution in [2.75, 3.05) is 17.5 Å². The van der Waals surface area contributed by atoms with Crippen molar-refractivity contribution in [3.05, 3.63) is 28.8 Å². The summed E-state index contributed by atoms with van der Waals surface area (Å²) in [5.74, 6) is 0. The molecule has 1 aromatic carbocycles. The molecule has 1 unspecified atom stereocenters. The van der Waals surface area contributed by atoms with Crippen molar-refractivity contribution in [3.63, 3.8) is 0 Å². The molecule has 0 spiro atoms. The fraction of sp³-hybridized carbons (Fsp3) is 0.333. The second-order valence-corrected chi connectivity index (χ2v) is 5.52. The first kappa shape index (κ1) is 13.2. The third kappa shape index (κ3) is 3.64. The van der Waals surface area contributed by atoms with Crippen LogP contribution in [0.3, 0.4) is 0 Å². The SMILES string of the molecule is CS(=O)(=O)Nc1cc(C(O)CN)ccc1Cl. The smallest absolute Gasteiger partial charge is 0.229 e. The maximum absolute atomic E-state index is 11.0. The largest absolute Gasteiger partial charge is 0.387 e. The Bertz CT molecular complexity index is 476. The minimum atomic E-state index is -3.40. The van der Waals surface area contributed by atoms with Gasteiger partial charge in [0.2, 0.25) is 10.0 Å². The van der Waals surface area contributed by atoms with E-state index >= 15 is 0 Å². The van der Waals surface area contributed by atoms with Crippen molar-refractivity contribution in [3.8, 4) is 0 Å². The number of hydrogen-bond donors (Lipinski definition) is 3. The van der Waals surface area contributed by atoms with Gasteiger partial charge in [-0.05, 0) is 17.7 Å². The van der Waals surface area contributed by atoms with E-state index in [2.05, 4.69) is 4.72 Å². The number of sulfonamides is 1. The molecule has 0 aromatic heterocycles. The Morgan fingerprint density at radius 3 is 2.69 bits per heavy atom. The van der Waals surface area contributed by atoms with E-state index in [4.69, 9.17) is 17.3 Å². The molecule has 16 heavy (non-hydrogen) atoms. The van der Waals surface area contributed by atoms with E-state index < -0.39 is 16.1 Å². The highest BCUT2D eigenvalue weighted by Gasteiger charge is 2.10. The van der Waals surface area contributed by atoms with E-state index in [0.29, 0.717) is 5.56 Å². The average molecular weight is 265 g/mol. The van der Waals surface area contributed by atoms with E-state index in [1.165, 1.54) is 12.1 Å². The number of nitrogens with two attached hydrogens (primary N) is 1. The van der Waals surface area contributed by atoms with Crippen LogP contribution in [0.15, 0.2) is 18.2 Å². The van der Waals surface area contributed by atoms with Crippen LogP contribution in [0, 0.1) is 0 Å². The molecule has 0 bridgehead atoms. The third-order valence-electron chi connectivity index (χ3n) is 1.89. The number of rotatable bonds is 4. The first-order valence-electron chi connectivity index (χ1n) is 4.49. The average Bonchev–Trinajstić information content (AvgIpc) is 2.18. The number of aliphatic hydroxyl groups excluding tert-OH is 1. The summed E-state index contributed by atoms with van der Waals surface area (Å²) in [6.45, 7) is 0.0555. The predicted octanol–water partition coefficient (Wildman–Crippen LogP) is 0.704. The molecule has 0 heterocycles. The molecule has 4 N–H and O–H groups in total. The highest BCUT2D eigenvalue weighted by atomic mass is 35.5. The zero-order valence-electron chi connectivity index (χ0n) is 8.64. The lowest BCUT2D eigenvalue weighted by atomic mass is 10.1. The predicted molar refractivity (Wildman–Crippen MR) is 63.9 cm³/mol. The normalized spacial score (nSPS) is 13.5. The zero-order chi connectivity index (χ0) is 12.3. The second kappa shape index (κ2) is 5.01. The van der Waals surface area contributed by atoms with Gasteiger partial charge in [0.25, 0.3) is 0 Å². The molecule has 1 atom stereocenters. The Kier molecular flexibility index (Phi) is 4.15. The van der Waals surface area contributed by atoms with Gasteiger partial charge in [0, 0.05) is 6.54 Å². The van der Waals surface area contributed by atoms with E-state index in [9.17, 15) is 13.5 Å². The van der Waals surface area contributed by atoms with Crippen molar-refractivity contribution in [1.82, 2.24) is 0 Å². The van der Waals surface area contributed by atoms with Crippen molar-refractivity contribution < 1.29 is 13.5 Å². The van der Waals surface area contributed by atoms with Gasteiger partial charge in [-0.25, -0.2) is 8.42 Å². The van der Waals surface area contributed by atoms with Crippen LogP contribution in [0.2, 0.25) is 5.02 Å². The monoisotopic (exact) mass is 264 g/mol. The van der Waals surface area contributed by atoms with Gasteiger partial charge in [-0.2, -0.15) is 0 Å². The number of anilines is 1. The maximum Gasteiger partial charge on any atom is 0.229 e. The van der Waals surface area contributed by atoms with Gasteiger partial charge in [0.1, 0.15) is 0 Å². The van der Waals surface area contributed by atoms with Crippen molar-refractivity contribution in [2.45, 2.75) is 6.10 Å². The maximum atomic E-state index is 11.0. The van der Waals surface area contributed by atoms with Crippen LogP contribution in [-0.2, 0) is 10.0 Å². The van der Waals surface area contributed by atoms with Crippen LogP contribution < -0.4 is 10.5 Å². The summed E-state index contributed by atoms with van der Waals surface area (Å²) in [6, 6.07) is 4.55. The number of halogens is 1. The molecule has 90 valence electrons. The first-order chi connectivity index (χ1) is 7.33. The minimum Gasteiger partial charge on any atom is -0.387 e. The molecule has 0 saturated heterocycles. The number of aliphatic hydroxyl groups is 1. The molecule has 0 fully saturated rings. The molecule has 0 amide bonds. The summed E-state index contributed by atoms with van der Waals surface area (Å²) in [4.78, 5) is 0. The van der Waals surface area contributed by atoms with E-state index in [-0.39, 0.29) is 17.3 Å². The van der Waals surface area contributed by atoms with Crippen LogP contribution >= 0.6 is 11.6 Å². The fourth-order valence-corrected chi connectivity index (χ4v) is 1.95. The second-order valence-electron chi connectivity index (χ2n) is 3.37. The first-order valence-corrected chi connectivity index (χ1v) is 6.76. The fourth-order valence-electron chi connectivity index (χ4n) is 1.16. The lowest BCUT2D eigenvalue weighted by Gasteiger charge is -2.12. The molecular formula is C9H13ClN2O3S. The van der Waals surface area contributed by atoms with E-state index in [1.54, 1.807) is 6.07 Å². The van der Waals surface area contributed by atoms with Gasteiger partial charge >= 0.3 is 0 Å². The molecule has 0 aliphatic carbocycles. The van der Waals surface area contributed by atoms with Gasteiger partial charge in [-0.3, -0.25) is 4.72 Å². The molecule has 7 heteroatoms. The quantitative estimate of drug-likeness (QED) is 0.747. The Labute approximate surface area is 99.3 Å². The molecule has 0 aliphatic heterocycles. The minimum absolute atomic E-state index is 0.0555. The van der Waals surface area contributed by atoms with Gasteiger partial charge in [0.05, 0.1) is 23.1 Å². The van der Waals surface area contributed by atoms with Crippen molar-refractivity contribution in [2.24, 2.45) is 5.73 Å². The Morgan fingerprint density at radius 1 is 1.56 bits per heavy atom. The highest BCUT2D eigenvalue weighted by Crippen LogP contribution is 2.26. The summed E-state index contributed by atoms with van der Waals surface area (Å²) in [7, 11) is -3.40. The molecular weight excluding hydrogens is 252 g/mol. The van der Waals surface area contributed by atoms with Crippen molar-refractivity contribution in [1.29, 1.82) is 0 Å². The highest BCUT2D eigenvalue weighted by molar-refractivity contribution is 7.92. The summed E-state index contributed by atoms with van der Waals surface area (Å²) >= 11 is 5.81. The molecule has 1 aromatic rings. The van der Waals surface area contributed by atoms with Gasteiger partial charge in [0.15, 0.2) is 0 Å². The summed E-state index contributed by atoms with van der Waals surface area (Å²) in [5.41, 5.74) is 6.04. The molecule has 0 radical (unpaired) electrons. The van der Waals surface area contributed by atoms with Gasteiger partial charge in [-0.1, -0.05) is 17.7 Å². The molecule has 0 saturated carbocycles. The van der Waals surface area contributed by atoms with E-state index in [0.717, 1.165) is 6.26 Å². The third-order valence-corrected chi connectivity index (χ3v) is 2.81.